The summed E-state index contributed by atoms with van der Waals surface area (Å²) in [7, 11) is 0. The molecule has 0 atom stereocenters. The summed E-state index contributed by atoms with van der Waals surface area (Å²) in [6.45, 7) is 7.55. The molecule has 7 nitrogen and oxygen atoms in total. The highest BCUT2D eigenvalue weighted by molar-refractivity contribution is 6.31. The smallest absolute Gasteiger partial charge is 0.219 e. The van der Waals surface area contributed by atoms with Crippen LogP contribution in [0.4, 0.5) is 0 Å². The number of aromatic nitrogens is 3. The first-order valence-corrected chi connectivity index (χ1v) is 11.6. The fourth-order valence-electron chi connectivity index (χ4n) is 4.22. The molecule has 1 aliphatic heterocycles. The Kier molecular flexibility index (Phi) is 6.79. The van der Waals surface area contributed by atoms with Gasteiger partial charge in [0.15, 0.2) is 0 Å². The number of carbonyl (C=O) groups excluding carboxylic acids is 1. The molecule has 1 amide bonds. The van der Waals surface area contributed by atoms with Gasteiger partial charge in [0.1, 0.15) is 5.82 Å². The molecule has 0 aromatic carbocycles. The van der Waals surface area contributed by atoms with Crippen LogP contribution >= 0.6 is 11.6 Å². The van der Waals surface area contributed by atoms with E-state index in [1.807, 2.05) is 44.5 Å². The number of nitrogens with one attached hydrogen (secondary N) is 1. The van der Waals surface area contributed by atoms with Crippen LogP contribution in [0.5, 0.6) is 0 Å². The average molecular weight is 465 g/mol. The van der Waals surface area contributed by atoms with Crippen molar-refractivity contribution in [2.75, 3.05) is 13.1 Å². The number of likely N-dealkylation sites (tertiary alicyclic amines) is 1. The predicted molar refractivity (Wildman–Crippen MR) is 135 cm³/mol. The van der Waals surface area contributed by atoms with Gasteiger partial charge in [-0.05, 0) is 44.5 Å². The quantitative estimate of drug-likeness (QED) is 0.385. The van der Waals surface area contributed by atoms with Crippen LogP contribution in [0.25, 0.3) is 16.6 Å². The zero-order valence-electron chi connectivity index (χ0n) is 19.3. The molecule has 0 saturated carbocycles. The topological polar surface area (TPSA) is 78.8 Å². The molecule has 3 aromatic rings. The SMILES string of the molecule is CC=CC(Cl)=CCCn1c(C(=N)CC=NC2CN(C(C)=O)C2)cc2c1ccc1cnc(C)n12. The van der Waals surface area contributed by atoms with Crippen molar-refractivity contribution in [3.05, 3.63) is 59.2 Å². The summed E-state index contributed by atoms with van der Waals surface area (Å²) < 4.78 is 4.31. The Bertz CT molecular complexity index is 1290. The average Bonchev–Trinajstić information content (AvgIpc) is 3.30. The van der Waals surface area contributed by atoms with Gasteiger partial charge in [-0.25, -0.2) is 4.98 Å². The van der Waals surface area contributed by atoms with Crippen LogP contribution in [0.3, 0.4) is 0 Å². The van der Waals surface area contributed by atoms with Gasteiger partial charge in [0.2, 0.25) is 5.91 Å². The van der Waals surface area contributed by atoms with Gasteiger partial charge in [-0.2, -0.15) is 0 Å². The number of imidazole rings is 1. The number of allylic oxidation sites excluding steroid dienone is 4. The maximum Gasteiger partial charge on any atom is 0.219 e. The fraction of sp³-hybridized carbons (Fsp3) is 0.360. The van der Waals surface area contributed by atoms with Crippen molar-refractivity contribution < 1.29 is 4.79 Å². The molecule has 1 N–H and O–H groups in total. The molecule has 33 heavy (non-hydrogen) atoms. The third-order valence-corrected chi connectivity index (χ3v) is 6.26. The van der Waals surface area contributed by atoms with E-state index < -0.39 is 0 Å². The molecular weight excluding hydrogens is 436 g/mol. The molecule has 1 aliphatic rings. The number of amides is 1. The summed E-state index contributed by atoms with van der Waals surface area (Å²) in [5.41, 5.74) is 4.51. The molecule has 0 unspecified atom stereocenters. The Hall–Kier alpha value is -3.19. The van der Waals surface area contributed by atoms with Gasteiger partial charge in [-0.1, -0.05) is 23.8 Å². The summed E-state index contributed by atoms with van der Waals surface area (Å²) in [4.78, 5) is 22.1. The maximum atomic E-state index is 11.3. The highest BCUT2D eigenvalue weighted by atomic mass is 35.5. The number of pyridine rings is 1. The number of nitrogens with zero attached hydrogens (tertiary/aromatic N) is 5. The summed E-state index contributed by atoms with van der Waals surface area (Å²) >= 11 is 6.24. The lowest BCUT2D eigenvalue weighted by Crippen LogP contribution is -2.51. The second-order valence-corrected chi connectivity index (χ2v) is 8.76. The van der Waals surface area contributed by atoms with Crippen LogP contribution in [0.2, 0.25) is 0 Å². The Morgan fingerprint density at radius 1 is 1.33 bits per heavy atom. The lowest BCUT2D eigenvalue weighted by molar-refractivity contribution is -0.132. The number of fused-ring (bicyclic) bond motifs is 3. The molecule has 8 heteroatoms. The third kappa shape index (κ3) is 4.78. The van der Waals surface area contributed by atoms with Gasteiger partial charge in [-0.15, -0.1) is 0 Å². The van der Waals surface area contributed by atoms with E-state index in [0.717, 1.165) is 34.5 Å². The molecule has 0 bridgehead atoms. The first-order chi connectivity index (χ1) is 15.9. The lowest BCUT2D eigenvalue weighted by Gasteiger charge is -2.35. The molecule has 172 valence electrons. The van der Waals surface area contributed by atoms with Crippen molar-refractivity contribution in [1.29, 1.82) is 5.41 Å². The minimum absolute atomic E-state index is 0.0865. The molecule has 0 spiro atoms. The van der Waals surface area contributed by atoms with Crippen molar-refractivity contribution >= 4 is 46.0 Å². The van der Waals surface area contributed by atoms with E-state index in [1.54, 1.807) is 11.8 Å². The zero-order chi connectivity index (χ0) is 23.5. The number of aliphatic imine (C=N–C) groups is 1. The highest BCUT2D eigenvalue weighted by Crippen LogP contribution is 2.25. The standard InChI is InChI=1S/C25H29ClN6O/c1-4-6-19(26)7-5-12-31-23-9-8-21-14-29-17(2)32(21)25(23)13-24(31)22(27)10-11-28-20-15-30(16-20)18(3)33/h4,6-9,11,13-14,20,27H,5,10,12,15-16H2,1-3H3. The number of rotatable bonds is 8. The fourth-order valence-corrected chi connectivity index (χ4v) is 4.45. The van der Waals surface area contributed by atoms with Crippen molar-refractivity contribution in [1.82, 2.24) is 18.9 Å². The monoisotopic (exact) mass is 464 g/mol. The number of hydrogen-bond acceptors (Lipinski definition) is 4. The van der Waals surface area contributed by atoms with Gasteiger partial charge in [-0.3, -0.25) is 14.2 Å². The second-order valence-electron chi connectivity index (χ2n) is 8.32. The van der Waals surface area contributed by atoms with E-state index in [9.17, 15) is 4.79 Å². The summed E-state index contributed by atoms with van der Waals surface area (Å²) in [6.07, 6.45) is 10.7. The minimum atomic E-state index is 0.0865. The van der Waals surface area contributed by atoms with E-state index in [0.29, 0.717) is 36.8 Å². The second kappa shape index (κ2) is 9.75. The predicted octanol–water partition coefficient (Wildman–Crippen LogP) is 4.75. The van der Waals surface area contributed by atoms with Crippen molar-refractivity contribution in [2.45, 2.75) is 46.2 Å². The maximum absolute atomic E-state index is 11.3. The Morgan fingerprint density at radius 3 is 2.85 bits per heavy atom. The lowest BCUT2D eigenvalue weighted by atomic mass is 10.1. The molecular formula is C25H29ClN6O. The van der Waals surface area contributed by atoms with E-state index in [2.05, 4.69) is 37.1 Å². The molecule has 0 radical (unpaired) electrons. The van der Waals surface area contributed by atoms with E-state index in [1.165, 1.54) is 0 Å². The molecule has 4 rings (SSSR count). The van der Waals surface area contributed by atoms with E-state index in [4.69, 9.17) is 17.0 Å². The molecule has 0 aliphatic carbocycles. The number of aryl methyl sites for hydroxylation is 2. The van der Waals surface area contributed by atoms with Gasteiger partial charge in [0, 0.05) is 44.2 Å². The van der Waals surface area contributed by atoms with Gasteiger partial charge >= 0.3 is 0 Å². The van der Waals surface area contributed by atoms with Crippen molar-refractivity contribution in [3.8, 4) is 0 Å². The van der Waals surface area contributed by atoms with E-state index in [-0.39, 0.29) is 11.9 Å². The van der Waals surface area contributed by atoms with Crippen LogP contribution in [-0.2, 0) is 11.3 Å². The van der Waals surface area contributed by atoms with Crippen molar-refractivity contribution in [2.24, 2.45) is 4.99 Å². The first kappa shape index (κ1) is 23.0. The third-order valence-electron chi connectivity index (χ3n) is 5.98. The summed E-state index contributed by atoms with van der Waals surface area (Å²) in [5.74, 6) is 1.01. The molecule has 1 saturated heterocycles. The van der Waals surface area contributed by atoms with Crippen molar-refractivity contribution in [3.63, 3.8) is 0 Å². The number of halogens is 1. The van der Waals surface area contributed by atoms with Crippen LogP contribution in [0, 0.1) is 12.3 Å². The van der Waals surface area contributed by atoms with Gasteiger partial charge in [0.05, 0.1) is 40.2 Å². The normalized spacial score (nSPS) is 15.4. The van der Waals surface area contributed by atoms with Crippen LogP contribution < -0.4 is 0 Å². The molecule has 3 aromatic heterocycles. The summed E-state index contributed by atoms with van der Waals surface area (Å²) in [6, 6.07) is 6.37. The molecule has 1 fully saturated rings. The Balaban J connectivity index is 1.60. The Labute approximate surface area is 198 Å². The first-order valence-electron chi connectivity index (χ1n) is 11.2. The van der Waals surface area contributed by atoms with Gasteiger partial charge < -0.3 is 14.9 Å². The summed E-state index contributed by atoms with van der Waals surface area (Å²) in [5, 5.41) is 9.50. The van der Waals surface area contributed by atoms with Crippen LogP contribution in [-0.4, -0.2) is 55.8 Å². The van der Waals surface area contributed by atoms with Crippen LogP contribution in [0.1, 0.15) is 38.2 Å². The van der Waals surface area contributed by atoms with E-state index >= 15 is 0 Å². The van der Waals surface area contributed by atoms with Gasteiger partial charge in [0.25, 0.3) is 0 Å². The minimum Gasteiger partial charge on any atom is -0.339 e. The Morgan fingerprint density at radius 2 is 2.12 bits per heavy atom. The highest BCUT2D eigenvalue weighted by Gasteiger charge is 2.27. The largest absolute Gasteiger partial charge is 0.339 e. The zero-order valence-corrected chi connectivity index (χ0v) is 20.0. The van der Waals surface area contributed by atoms with Crippen LogP contribution in [0.15, 0.2) is 52.6 Å². The molecule has 4 heterocycles. The number of carbonyl (C=O) groups is 1. The number of hydrogen-bond donors (Lipinski definition) is 1.